The largest absolute Gasteiger partial charge is 0.497 e. The summed E-state index contributed by atoms with van der Waals surface area (Å²) in [5, 5.41) is 0. The molecule has 1 atom stereocenters. The number of carbonyl (C=O) groups excluding carboxylic acids is 2. The molecule has 0 aliphatic carbocycles. The van der Waals surface area contributed by atoms with Gasteiger partial charge in [-0.05, 0) is 47.9 Å². The zero-order valence-corrected chi connectivity index (χ0v) is 19.4. The molecule has 3 aromatic rings. The lowest BCUT2D eigenvalue weighted by atomic mass is 9.96. The van der Waals surface area contributed by atoms with Crippen LogP contribution in [0.1, 0.15) is 18.5 Å². The number of halogens is 3. The Morgan fingerprint density at radius 2 is 1.53 bits per heavy atom. The zero-order chi connectivity index (χ0) is 26.3. The first-order chi connectivity index (χ1) is 17.2. The fourth-order valence-electron chi connectivity index (χ4n) is 3.59. The molecule has 0 radical (unpaired) electrons. The first kappa shape index (κ1) is 26.2. The third kappa shape index (κ3) is 5.79. The smallest absolute Gasteiger partial charge is 0.471 e. The van der Waals surface area contributed by atoms with E-state index in [-0.39, 0.29) is 17.9 Å². The van der Waals surface area contributed by atoms with Gasteiger partial charge in [0.05, 0.1) is 13.7 Å². The summed E-state index contributed by atoms with van der Waals surface area (Å²) in [6.45, 7) is 1.35. The van der Waals surface area contributed by atoms with E-state index in [0.717, 1.165) is 11.1 Å². The Kier molecular flexibility index (Phi) is 8.24. The van der Waals surface area contributed by atoms with Crippen molar-refractivity contribution in [1.29, 1.82) is 0 Å². The number of alkyl halides is 3. The lowest BCUT2D eigenvalue weighted by molar-refractivity contribution is -0.171. The van der Waals surface area contributed by atoms with Crippen molar-refractivity contribution >= 4 is 23.3 Å². The van der Waals surface area contributed by atoms with E-state index in [9.17, 15) is 28.3 Å². The lowest BCUT2D eigenvalue weighted by Gasteiger charge is -2.30. The molecule has 186 valence electrons. The van der Waals surface area contributed by atoms with Gasteiger partial charge in [-0.1, -0.05) is 54.6 Å². The second kappa shape index (κ2) is 11.3. The van der Waals surface area contributed by atoms with Gasteiger partial charge in [-0.25, -0.2) is 4.79 Å². The molecule has 0 heterocycles. The van der Waals surface area contributed by atoms with Crippen LogP contribution >= 0.6 is 0 Å². The molecule has 3 rings (SSSR count). The zero-order valence-electron chi connectivity index (χ0n) is 19.4. The van der Waals surface area contributed by atoms with Gasteiger partial charge >= 0.3 is 23.8 Å². The first-order valence-corrected chi connectivity index (χ1v) is 10.8. The van der Waals surface area contributed by atoms with Crippen molar-refractivity contribution in [3.8, 4) is 16.9 Å². The van der Waals surface area contributed by atoms with Crippen LogP contribution in [0.5, 0.6) is 5.75 Å². The van der Waals surface area contributed by atoms with Crippen LogP contribution in [0, 0.1) is 0 Å². The fraction of sp³-hybridized carbons (Fsp3) is 0.192. The maximum absolute atomic E-state index is 13.8. The Bertz CT molecular complexity index is 1250. The Hall–Kier alpha value is -4.43. The lowest BCUT2D eigenvalue weighted by Crippen LogP contribution is -2.48. The van der Waals surface area contributed by atoms with Gasteiger partial charge in [-0.2, -0.15) is 18.0 Å². The van der Waals surface area contributed by atoms with E-state index in [1.807, 2.05) is 30.3 Å². The third-order valence-electron chi connectivity index (χ3n) is 5.25. The van der Waals surface area contributed by atoms with E-state index in [4.69, 9.17) is 9.47 Å². The maximum Gasteiger partial charge on any atom is 0.471 e. The van der Waals surface area contributed by atoms with Crippen LogP contribution in [0.3, 0.4) is 0 Å². The topological polar surface area (TPSA) is 92.2 Å². The number of benzene rings is 3. The molecule has 1 unspecified atom stereocenters. The molecular formula is C26H22F3N3O4. The van der Waals surface area contributed by atoms with Gasteiger partial charge in [0, 0.05) is 5.69 Å². The van der Waals surface area contributed by atoms with E-state index < -0.39 is 29.8 Å². The summed E-state index contributed by atoms with van der Waals surface area (Å²) in [7, 11) is 1.38. The first-order valence-electron chi connectivity index (χ1n) is 10.8. The Morgan fingerprint density at radius 3 is 2.03 bits per heavy atom. The minimum atomic E-state index is -5.31. The van der Waals surface area contributed by atoms with Crippen LogP contribution in [0.15, 0.2) is 78.9 Å². The van der Waals surface area contributed by atoms with Gasteiger partial charge in [0.2, 0.25) is 0 Å². The number of hydrogen-bond donors (Lipinski definition) is 0. The number of ether oxygens (including phenoxy) is 2. The molecule has 0 saturated carbocycles. The number of nitrogens with zero attached hydrogens (tertiary/aromatic N) is 3. The third-order valence-corrected chi connectivity index (χ3v) is 5.25. The molecule has 0 bridgehead atoms. The van der Waals surface area contributed by atoms with Crippen molar-refractivity contribution in [3.63, 3.8) is 0 Å². The summed E-state index contributed by atoms with van der Waals surface area (Å²) in [5.74, 6) is -3.11. The highest BCUT2D eigenvalue weighted by Gasteiger charge is 2.50. The number of rotatable bonds is 8. The molecule has 10 heteroatoms. The normalized spacial score (nSPS) is 11.7. The number of esters is 1. The van der Waals surface area contributed by atoms with E-state index in [2.05, 4.69) is 4.79 Å². The van der Waals surface area contributed by atoms with Crippen molar-refractivity contribution in [3.05, 3.63) is 90.0 Å². The average Bonchev–Trinajstić information content (AvgIpc) is 2.89. The predicted molar refractivity (Wildman–Crippen MR) is 126 cm³/mol. The SMILES string of the molecule is CCOC(=O)C(=[N+]=[N-])C(c1ccc(-c2ccccc2)cc1)N(C(=O)C(F)(F)F)c1ccc(OC)cc1. The Morgan fingerprint density at radius 1 is 0.944 bits per heavy atom. The van der Waals surface area contributed by atoms with Crippen LogP contribution in [0.25, 0.3) is 16.7 Å². The highest BCUT2D eigenvalue weighted by molar-refractivity contribution is 6.37. The quantitative estimate of drug-likeness (QED) is 0.184. The number of anilines is 1. The van der Waals surface area contributed by atoms with E-state index in [1.54, 1.807) is 12.1 Å². The van der Waals surface area contributed by atoms with E-state index in [1.165, 1.54) is 50.4 Å². The molecule has 0 aliphatic rings. The van der Waals surface area contributed by atoms with E-state index >= 15 is 0 Å². The Balaban J connectivity index is 2.22. The van der Waals surface area contributed by atoms with Crippen molar-refractivity contribution in [2.45, 2.75) is 19.1 Å². The fourth-order valence-corrected chi connectivity index (χ4v) is 3.59. The van der Waals surface area contributed by atoms with Crippen molar-refractivity contribution in [2.24, 2.45) is 0 Å². The van der Waals surface area contributed by atoms with Gasteiger partial charge < -0.3 is 15.0 Å². The van der Waals surface area contributed by atoms with Crippen molar-refractivity contribution < 1.29 is 37.0 Å². The summed E-state index contributed by atoms with van der Waals surface area (Å²) in [6.07, 6.45) is -5.31. The van der Waals surface area contributed by atoms with Crippen LogP contribution < -0.4 is 9.64 Å². The molecule has 36 heavy (non-hydrogen) atoms. The molecule has 0 fully saturated rings. The molecule has 7 nitrogen and oxygen atoms in total. The summed E-state index contributed by atoms with van der Waals surface area (Å²) in [5.41, 5.74) is 10.4. The maximum atomic E-state index is 13.8. The van der Waals surface area contributed by atoms with Gasteiger partial charge in [0.25, 0.3) is 0 Å². The van der Waals surface area contributed by atoms with Gasteiger partial charge in [0.15, 0.2) is 6.04 Å². The second-order valence-electron chi connectivity index (χ2n) is 7.47. The predicted octanol–water partition coefficient (Wildman–Crippen LogP) is 5.23. The highest BCUT2D eigenvalue weighted by atomic mass is 19.4. The second-order valence-corrected chi connectivity index (χ2v) is 7.47. The van der Waals surface area contributed by atoms with Crippen LogP contribution in [-0.2, 0) is 14.3 Å². The van der Waals surface area contributed by atoms with Crippen LogP contribution in [0.4, 0.5) is 18.9 Å². The number of hydrogen-bond acceptors (Lipinski definition) is 4. The van der Waals surface area contributed by atoms with Gasteiger partial charge in [-0.15, -0.1) is 0 Å². The Labute approximate surface area is 205 Å². The number of carbonyl (C=O) groups is 2. The van der Waals surface area contributed by atoms with E-state index in [0.29, 0.717) is 10.6 Å². The molecule has 3 aromatic carbocycles. The molecule has 0 aliphatic heterocycles. The minimum Gasteiger partial charge on any atom is -0.497 e. The number of amides is 1. The minimum absolute atomic E-state index is 0.0870. The van der Waals surface area contributed by atoms with Crippen LogP contribution in [-0.4, -0.2) is 42.3 Å². The van der Waals surface area contributed by atoms with Crippen molar-refractivity contribution in [1.82, 2.24) is 0 Å². The molecule has 1 amide bonds. The molecular weight excluding hydrogens is 475 g/mol. The summed E-state index contributed by atoms with van der Waals surface area (Å²) < 4.78 is 51.3. The summed E-state index contributed by atoms with van der Waals surface area (Å²) >= 11 is 0. The number of methoxy groups -OCH3 is 1. The average molecular weight is 497 g/mol. The standard InChI is InChI=1S/C26H22F3N3O4/c1-3-36-24(33)22(31-30)23(19-11-9-18(10-12-19)17-7-5-4-6-8-17)32(25(34)26(27,28)29)20-13-15-21(35-2)16-14-20/h4-16,23H,3H2,1-2H3. The monoisotopic (exact) mass is 497 g/mol. The van der Waals surface area contributed by atoms with Gasteiger partial charge in [0.1, 0.15) is 5.75 Å². The highest BCUT2D eigenvalue weighted by Crippen LogP contribution is 2.35. The van der Waals surface area contributed by atoms with Crippen LogP contribution in [0.2, 0.25) is 0 Å². The van der Waals surface area contributed by atoms with Crippen molar-refractivity contribution in [2.75, 3.05) is 18.6 Å². The molecule has 0 N–H and O–H groups in total. The summed E-state index contributed by atoms with van der Waals surface area (Å²) in [6, 6.07) is 18.8. The van der Waals surface area contributed by atoms with Gasteiger partial charge in [-0.3, -0.25) is 9.69 Å². The molecule has 0 aromatic heterocycles. The molecule has 0 saturated heterocycles. The summed E-state index contributed by atoms with van der Waals surface area (Å²) in [4.78, 5) is 28.7. The molecule has 0 spiro atoms.